The lowest BCUT2D eigenvalue weighted by atomic mass is 10.1. The average Bonchev–Trinajstić information content (AvgIpc) is 2.37. The van der Waals surface area contributed by atoms with Crippen molar-refractivity contribution in [2.45, 2.75) is 19.4 Å². The molecule has 4 nitrogen and oxygen atoms in total. The zero-order valence-electron chi connectivity index (χ0n) is 10.5. The summed E-state index contributed by atoms with van der Waals surface area (Å²) in [6.07, 6.45) is 5.63. The number of rotatable bonds is 5. The molecule has 0 heterocycles. The molecule has 1 aromatic rings. The topological polar surface area (TPSA) is 66.6 Å². The smallest absolute Gasteiger partial charge is 0.240 e. The Morgan fingerprint density at radius 3 is 2.61 bits per heavy atom. The number of nitrogens with zero attached hydrogens (tertiary/aromatic N) is 1. The van der Waals surface area contributed by atoms with Gasteiger partial charge in [-0.25, -0.2) is 0 Å². The first-order chi connectivity index (χ1) is 8.58. The largest absolute Gasteiger partial charge is 0.508 e. The highest BCUT2D eigenvalue weighted by Crippen LogP contribution is 2.11. The molecule has 0 aliphatic carbocycles. The van der Waals surface area contributed by atoms with Crippen molar-refractivity contribution < 1.29 is 9.90 Å². The van der Waals surface area contributed by atoms with Gasteiger partial charge in [0.05, 0.1) is 12.6 Å². The fourth-order valence-corrected chi connectivity index (χ4v) is 1.66. The van der Waals surface area contributed by atoms with E-state index in [-0.39, 0.29) is 18.2 Å². The monoisotopic (exact) mass is 246 g/mol. The van der Waals surface area contributed by atoms with Crippen LogP contribution in [0.3, 0.4) is 0 Å². The van der Waals surface area contributed by atoms with Crippen LogP contribution in [0.1, 0.15) is 12.5 Å². The fraction of sp³-hybridized carbons (Fsp3) is 0.357. The van der Waals surface area contributed by atoms with Crippen LogP contribution in [0, 0.1) is 12.3 Å². The molecule has 1 amide bonds. The van der Waals surface area contributed by atoms with Gasteiger partial charge in [0.15, 0.2) is 0 Å². The van der Waals surface area contributed by atoms with E-state index in [0.717, 1.165) is 5.56 Å². The minimum atomic E-state index is -0.608. The number of carbonyl (C=O) groups is 1. The highest BCUT2D eigenvalue weighted by atomic mass is 16.3. The summed E-state index contributed by atoms with van der Waals surface area (Å²) in [5.41, 5.74) is 6.78. The molecule has 0 aliphatic rings. The molecule has 0 radical (unpaired) electrons. The Hall–Kier alpha value is -1.99. The molecule has 1 atom stereocenters. The number of phenols is 1. The van der Waals surface area contributed by atoms with Gasteiger partial charge in [0.2, 0.25) is 5.91 Å². The van der Waals surface area contributed by atoms with Gasteiger partial charge in [-0.2, -0.15) is 0 Å². The first-order valence-corrected chi connectivity index (χ1v) is 5.84. The molecule has 1 aromatic carbocycles. The molecule has 3 N–H and O–H groups in total. The molecule has 1 unspecified atom stereocenters. The minimum absolute atomic E-state index is 0.150. The van der Waals surface area contributed by atoms with Crippen molar-refractivity contribution in [2.75, 3.05) is 13.1 Å². The Kier molecular flexibility index (Phi) is 5.22. The van der Waals surface area contributed by atoms with Crippen LogP contribution < -0.4 is 5.73 Å². The van der Waals surface area contributed by atoms with E-state index in [4.69, 9.17) is 17.3 Å². The molecule has 0 bridgehead atoms. The minimum Gasteiger partial charge on any atom is -0.508 e. The number of nitrogens with two attached hydrogens (primary N) is 1. The fourth-order valence-electron chi connectivity index (χ4n) is 1.66. The molecule has 0 fully saturated rings. The summed E-state index contributed by atoms with van der Waals surface area (Å²) in [4.78, 5) is 13.5. The van der Waals surface area contributed by atoms with Crippen LogP contribution in [-0.2, 0) is 11.2 Å². The number of amides is 1. The van der Waals surface area contributed by atoms with Crippen LogP contribution in [0.4, 0.5) is 0 Å². The number of hydrogen-bond acceptors (Lipinski definition) is 3. The molecule has 4 heteroatoms. The van der Waals surface area contributed by atoms with Gasteiger partial charge in [0.1, 0.15) is 5.75 Å². The van der Waals surface area contributed by atoms with Crippen LogP contribution in [0.15, 0.2) is 24.3 Å². The molecule has 1 rings (SSSR count). The predicted octanol–water partition coefficient (Wildman–Crippen LogP) is 0.744. The Labute approximate surface area is 107 Å². The molecule has 18 heavy (non-hydrogen) atoms. The van der Waals surface area contributed by atoms with Crippen LogP contribution in [0.5, 0.6) is 5.75 Å². The Morgan fingerprint density at radius 1 is 1.50 bits per heavy atom. The molecule has 0 saturated carbocycles. The summed E-state index contributed by atoms with van der Waals surface area (Å²) in [6.45, 7) is 2.69. The maximum absolute atomic E-state index is 12.0. The third-order valence-corrected chi connectivity index (χ3v) is 2.68. The first-order valence-electron chi connectivity index (χ1n) is 5.84. The lowest BCUT2D eigenvalue weighted by Crippen LogP contribution is -2.45. The molecule has 0 saturated heterocycles. The summed E-state index contributed by atoms with van der Waals surface area (Å²) >= 11 is 0. The Bertz CT molecular complexity index is 434. The molecule has 96 valence electrons. The van der Waals surface area contributed by atoms with Gasteiger partial charge in [-0.3, -0.25) is 4.79 Å². The van der Waals surface area contributed by atoms with E-state index in [0.29, 0.717) is 13.0 Å². The molecule has 0 spiro atoms. The molecular weight excluding hydrogens is 228 g/mol. The van der Waals surface area contributed by atoms with Crippen LogP contribution in [0.2, 0.25) is 0 Å². The number of terminal acetylenes is 1. The predicted molar refractivity (Wildman–Crippen MR) is 70.9 cm³/mol. The quantitative estimate of drug-likeness (QED) is 0.753. The van der Waals surface area contributed by atoms with Crippen molar-refractivity contribution >= 4 is 5.91 Å². The van der Waals surface area contributed by atoms with Crippen molar-refractivity contribution in [2.24, 2.45) is 5.73 Å². The molecule has 0 aromatic heterocycles. The summed E-state index contributed by atoms with van der Waals surface area (Å²) in [6, 6.07) is 6.04. The Morgan fingerprint density at radius 2 is 2.11 bits per heavy atom. The molecule has 0 aliphatic heterocycles. The van der Waals surface area contributed by atoms with E-state index in [1.54, 1.807) is 29.2 Å². The van der Waals surface area contributed by atoms with Crippen molar-refractivity contribution in [3.63, 3.8) is 0 Å². The number of benzene rings is 1. The summed E-state index contributed by atoms with van der Waals surface area (Å²) < 4.78 is 0. The number of aromatic hydroxyl groups is 1. The van der Waals surface area contributed by atoms with Crippen LogP contribution >= 0.6 is 0 Å². The summed E-state index contributed by atoms with van der Waals surface area (Å²) in [5, 5.41) is 9.17. The van der Waals surface area contributed by atoms with E-state index in [2.05, 4.69) is 5.92 Å². The number of likely N-dealkylation sites (N-methyl/N-ethyl adjacent to an activating group) is 1. The highest BCUT2D eigenvalue weighted by molar-refractivity contribution is 5.82. The zero-order valence-corrected chi connectivity index (χ0v) is 10.5. The third kappa shape index (κ3) is 3.79. The third-order valence-electron chi connectivity index (χ3n) is 2.68. The zero-order chi connectivity index (χ0) is 13.5. The SMILES string of the molecule is C#CCN(CC)C(=O)C(N)Cc1ccc(O)cc1. The Balaban J connectivity index is 2.64. The van der Waals surface area contributed by atoms with Crippen molar-refractivity contribution in [1.29, 1.82) is 0 Å². The second-order valence-corrected chi connectivity index (χ2v) is 4.03. The van der Waals surface area contributed by atoms with Gasteiger partial charge in [0.25, 0.3) is 0 Å². The van der Waals surface area contributed by atoms with Gasteiger partial charge >= 0.3 is 0 Å². The van der Waals surface area contributed by atoms with E-state index in [9.17, 15) is 4.79 Å². The van der Waals surface area contributed by atoms with E-state index in [1.165, 1.54) is 0 Å². The summed E-state index contributed by atoms with van der Waals surface area (Å²) in [7, 11) is 0. The van der Waals surface area contributed by atoms with Crippen LogP contribution in [-0.4, -0.2) is 35.0 Å². The normalized spacial score (nSPS) is 11.6. The second kappa shape index (κ2) is 6.67. The maximum Gasteiger partial charge on any atom is 0.240 e. The molecular formula is C14H18N2O2. The van der Waals surface area contributed by atoms with Gasteiger partial charge in [-0.05, 0) is 31.0 Å². The van der Waals surface area contributed by atoms with Gasteiger partial charge < -0.3 is 15.7 Å². The number of carbonyl (C=O) groups excluding carboxylic acids is 1. The number of phenolic OH excluding ortho intramolecular Hbond substituents is 1. The van der Waals surface area contributed by atoms with Gasteiger partial charge in [0, 0.05) is 6.54 Å². The standard InChI is InChI=1S/C14H18N2O2/c1-3-9-16(4-2)14(18)13(15)10-11-5-7-12(17)8-6-11/h1,5-8,13,17H,4,9-10,15H2,2H3. The van der Waals surface area contributed by atoms with E-state index in [1.807, 2.05) is 6.92 Å². The average molecular weight is 246 g/mol. The highest BCUT2D eigenvalue weighted by Gasteiger charge is 2.19. The first kappa shape index (κ1) is 14.1. The lowest BCUT2D eigenvalue weighted by molar-refractivity contribution is -0.131. The summed E-state index contributed by atoms with van der Waals surface area (Å²) in [5.74, 6) is 2.49. The van der Waals surface area contributed by atoms with Crippen molar-refractivity contribution in [3.05, 3.63) is 29.8 Å². The lowest BCUT2D eigenvalue weighted by Gasteiger charge is -2.22. The van der Waals surface area contributed by atoms with E-state index >= 15 is 0 Å². The maximum atomic E-state index is 12.0. The number of hydrogen-bond donors (Lipinski definition) is 2. The van der Waals surface area contributed by atoms with Gasteiger partial charge in [-0.15, -0.1) is 6.42 Å². The van der Waals surface area contributed by atoms with Crippen molar-refractivity contribution in [3.8, 4) is 18.1 Å². The van der Waals surface area contributed by atoms with Crippen LogP contribution in [0.25, 0.3) is 0 Å². The second-order valence-electron chi connectivity index (χ2n) is 4.03. The van der Waals surface area contributed by atoms with Crippen molar-refractivity contribution in [1.82, 2.24) is 4.90 Å². The van der Waals surface area contributed by atoms with E-state index < -0.39 is 6.04 Å². The van der Waals surface area contributed by atoms with Gasteiger partial charge in [-0.1, -0.05) is 18.1 Å².